The van der Waals surface area contributed by atoms with Crippen LogP contribution >= 0.6 is 0 Å². The van der Waals surface area contributed by atoms with Gasteiger partial charge >= 0.3 is 11.9 Å². The predicted octanol–water partition coefficient (Wildman–Crippen LogP) is -3.21. The summed E-state index contributed by atoms with van der Waals surface area (Å²) in [6.45, 7) is -0.647. The first-order chi connectivity index (χ1) is 15.1. The molecule has 4 unspecified atom stereocenters. The number of H-pyrrole nitrogens is 1. The van der Waals surface area contributed by atoms with E-state index in [1.165, 1.54) is 17.4 Å². The van der Waals surface area contributed by atoms with E-state index in [2.05, 4.69) is 20.6 Å². The van der Waals surface area contributed by atoms with Crippen molar-refractivity contribution in [1.82, 2.24) is 25.5 Å². The molecule has 1 aromatic heterocycles. The van der Waals surface area contributed by atoms with Gasteiger partial charge in [-0.15, -0.1) is 0 Å². The second-order valence-corrected chi connectivity index (χ2v) is 7.32. The van der Waals surface area contributed by atoms with Crippen LogP contribution in [0.25, 0.3) is 0 Å². The average molecular weight is 454 g/mol. The van der Waals surface area contributed by atoms with Gasteiger partial charge < -0.3 is 41.6 Å². The molecule has 0 spiro atoms. The summed E-state index contributed by atoms with van der Waals surface area (Å²) in [6.07, 6.45) is 2.89. The number of nitrogens with zero attached hydrogens (tertiary/aromatic N) is 2. The number of rotatable bonds is 11. The lowest BCUT2D eigenvalue weighted by molar-refractivity contribution is -0.144. The number of aromatic amines is 1. The summed E-state index contributed by atoms with van der Waals surface area (Å²) in [4.78, 5) is 67.8. The standard InChI is InChI=1S/C18H26N6O8/c19-10(5-14(26)27)17(30)24-3-1-2-13(24)16(29)22-11(4-9-6-20-8-21-9)15(28)23-12(7-25)18(31)32/h6,8,10-13,25H,1-5,7,19H2,(H,20,21)(H,22,29)(H,23,28)(H,26,27)(H,31,32). The highest BCUT2D eigenvalue weighted by Gasteiger charge is 2.38. The zero-order valence-corrected chi connectivity index (χ0v) is 17.1. The second kappa shape index (κ2) is 11.2. The van der Waals surface area contributed by atoms with Crippen LogP contribution in [0.15, 0.2) is 12.5 Å². The monoisotopic (exact) mass is 454 g/mol. The third kappa shape index (κ3) is 6.49. The van der Waals surface area contributed by atoms with Gasteiger partial charge in [0.2, 0.25) is 17.7 Å². The molecule has 0 bridgehead atoms. The first kappa shape index (κ1) is 24.7. The van der Waals surface area contributed by atoms with Crippen LogP contribution in [0, 0.1) is 0 Å². The van der Waals surface area contributed by atoms with E-state index in [4.69, 9.17) is 21.1 Å². The van der Waals surface area contributed by atoms with Crippen molar-refractivity contribution in [3.8, 4) is 0 Å². The molecule has 0 radical (unpaired) electrons. The Hall–Kier alpha value is -3.52. The smallest absolute Gasteiger partial charge is 0.328 e. The molecule has 2 rings (SSSR count). The van der Waals surface area contributed by atoms with Gasteiger partial charge in [-0.05, 0) is 12.8 Å². The Morgan fingerprint density at radius 3 is 2.50 bits per heavy atom. The van der Waals surface area contributed by atoms with Crippen molar-refractivity contribution in [1.29, 1.82) is 0 Å². The number of nitrogens with one attached hydrogen (secondary N) is 3. The zero-order valence-electron chi connectivity index (χ0n) is 17.1. The molecule has 0 saturated carbocycles. The Morgan fingerprint density at radius 1 is 1.22 bits per heavy atom. The van der Waals surface area contributed by atoms with Gasteiger partial charge in [-0.1, -0.05) is 0 Å². The summed E-state index contributed by atoms with van der Waals surface area (Å²) < 4.78 is 0. The van der Waals surface area contributed by atoms with Crippen LogP contribution in [-0.2, 0) is 30.4 Å². The minimum absolute atomic E-state index is 0.0610. The van der Waals surface area contributed by atoms with E-state index in [1.54, 1.807) is 0 Å². The largest absolute Gasteiger partial charge is 0.481 e. The van der Waals surface area contributed by atoms with Crippen molar-refractivity contribution in [3.05, 3.63) is 18.2 Å². The first-order valence-corrected chi connectivity index (χ1v) is 9.83. The van der Waals surface area contributed by atoms with Crippen LogP contribution in [0.2, 0.25) is 0 Å². The van der Waals surface area contributed by atoms with Crippen LogP contribution in [0.3, 0.4) is 0 Å². The Labute approximate surface area is 182 Å². The summed E-state index contributed by atoms with van der Waals surface area (Å²) in [5, 5.41) is 31.7. The molecule has 2 heterocycles. The fourth-order valence-electron chi connectivity index (χ4n) is 3.34. The molecular formula is C18H26N6O8. The van der Waals surface area contributed by atoms with E-state index in [1.807, 2.05) is 0 Å². The fraction of sp³-hybridized carbons (Fsp3) is 0.556. The molecule has 4 atom stereocenters. The Kier molecular flexibility index (Phi) is 8.66. The molecule has 0 aromatic carbocycles. The maximum absolute atomic E-state index is 12.9. The van der Waals surface area contributed by atoms with Crippen LogP contribution in [0.4, 0.5) is 0 Å². The van der Waals surface area contributed by atoms with E-state index < -0.39 is 66.9 Å². The van der Waals surface area contributed by atoms with Crippen LogP contribution in [-0.4, -0.2) is 97.2 Å². The van der Waals surface area contributed by atoms with Gasteiger partial charge in [-0.3, -0.25) is 19.2 Å². The molecule has 0 aliphatic carbocycles. The lowest BCUT2D eigenvalue weighted by Crippen LogP contribution is -2.57. The molecule has 1 saturated heterocycles. The van der Waals surface area contributed by atoms with Gasteiger partial charge in [0, 0.05) is 24.9 Å². The van der Waals surface area contributed by atoms with Gasteiger partial charge in [0.1, 0.15) is 18.1 Å². The maximum Gasteiger partial charge on any atom is 0.328 e. The first-order valence-electron chi connectivity index (χ1n) is 9.83. The summed E-state index contributed by atoms with van der Waals surface area (Å²) in [5.74, 6) is -4.92. The van der Waals surface area contributed by atoms with Gasteiger partial charge in [0.15, 0.2) is 0 Å². The average Bonchev–Trinajstić information content (AvgIpc) is 3.41. The van der Waals surface area contributed by atoms with Crippen molar-refractivity contribution in [2.45, 2.75) is 49.9 Å². The van der Waals surface area contributed by atoms with Crippen LogP contribution in [0.5, 0.6) is 0 Å². The van der Waals surface area contributed by atoms with E-state index in [0.29, 0.717) is 12.1 Å². The molecule has 1 fully saturated rings. The number of likely N-dealkylation sites (tertiary alicyclic amines) is 1. The number of carboxylic acids is 2. The van der Waals surface area contributed by atoms with Crippen LogP contribution < -0.4 is 16.4 Å². The third-order valence-electron chi connectivity index (χ3n) is 4.96. The van der Waals surface area contributed by atoms with Gasteiger partial charge in [0.25, 0.3) is 0 Å². The summed E-state index contributed by atoms with van der Waals surface area (Å²) >= 11 is 0. The number of aromatic nitrogens is 2. The maximum atomic E-state index is 12.9. The molecule has 32 heavy (non-hydrogen) atoms. The Balaban J connectivity index is 2.13. The number of aliphatic hydroxyl groups excluding tert-OH is 1. The quantitative estimate of drug-likeness (QED) is 0.177. The van der Waals surface area contributed by atoms with Crippen molar-refractivity contribution in [2.75, 3.05) is 13.2 Å². The van der Waals surface area contributed by atoms with E-state index in [9.17, 15) is 24.0 Å². The number of amides is 3. The molecule has 14 nitrogen and oxygen atoms in total. The highest BCUT2D eigenvalue weighted by atomic mass is 16.4. The Bertz CT molecular complexity index is 845. The lowest BCUT2D eigenvalue weighted by Gasteiger charge is -2.28. The van der Waals surface area contributed by atoms with Gasteiger partial charge in [-0.2, -0.15) is 0 Å². The molecule has 1 aliphatic heterocycles. The second-order valence-electron chi connectivity index (χ2n) is 7.32. The molecular weight excluding hydrogens is 428 g/mol. The third-order valence-corrected chi connectivity index (χ3v) is 4.96. The number of carbonyl (C=O) groups excluding carboxylic acids is 3. The number of imidazole rings is 1. The summed E-state index contributed by atoms with van der Waals surface area (Å²) in [7, 11) is 0. The summed E-state index contributed by atoms with van der Waals surface area (Å²) in [6, 6.07) is -5.08. The number of hydrogen-bond donors (Lipinski definition) is 7. The van der Waals surface area contributed by atoms with Crippen LogP contribution in [0.1, 0.15) is 25.0 Å². The van der Waals surface area contributed by atoms with Crippen molar-refractivity contribution in [3.63, 3.8) is 0 Å². The Morgan fingerprint density at radius 2 is 1.94 bits per heavy atom. The number of carboxylic acid groups (broad SMARTS) is 2. The predicted molar refractivity (Wildman–Crippen MR) is 106 cm³/mol. The molecule has 1 aromatic rings. The topological polar surface area (TPSA) is 228 Å². The molecule has 1 aliphatic rings. The molecule has 14 heteroatoms. The van der Waals surface area contributed by atoms with Crippen molar-refractivity contribution >= 4 is 29.7 Å². The van der Waals surface area contributed by atoms with E-state index in [-0.39, 0.29) is 19.4 Å². The highest BCUT2D eigenvalue weighted by molar-refractivity contribution is 5.95. The number of aliphatic hydroxyl groups is 1. The SMILES string of the molecule is NC(CC(=O)O)C(=O)N1CCCC1C(=O)NC(Cc1cnc[nH]1)C(=O)NC(CO)C(=O)O. The van der Waals surface area contributed by atoms with Crippen molar-refractivity contribution < 1.29 is 39.3 Å². The van der Waals surface area contributed by atoms with Gasteiger partial charge in [-0.25, -0.2) is 9.78 Å². The number of aliphatic carboxylic acids is 2. The van der Waals surface area contributed by atoms with E-state index in [0.717, 1.165) is 0 Å². The highest BCUT2D eigenvalue weighted by Crippen LogP contribution is 2.19. The van der Waals surface area contributed by atoms with Crippen molar-refractivity contribution in [2.24, 2.45) is 5.73 Å². The normalized spacial score (nSPS) is 18.4. The molecule has 176 valence electrons. The van der Waals surface area contributed by atoms with E-state index >= 15 is 0 Å². The zero-order chi connectivity index (χ0) is 23.8. The lowest BCUT2D eigenvalue weighted by atomic mass is 10.1. The molecule has 3 amide bonds. The minimum Gasteiger partial charge on any atom is -0.481 e. The number of nitrogens with two attached hydrogens (primary N) is 1. The fourth-order valence-corrected chi connectivity index (χ4v) is 3.34. The van der Waals surface area contributed by atoms with Gasteiger partial charge in [0.05, 0.1) is 25.4 Å². The minimum atomic E-state index is -1.57. The number of carbonyl (C=O) groups is 5. The summed E-state index contributed by atoms with van der Waals surface area (Å²) in [5.41, 5.74) is 6.12. The molecule has 8 N–H and O–H groups in total. The number of hydrogen-bond acceptors (Lipinski definition) is 8.